The molecule has 0 bridgehead atoms. The van der Waals surface area contributed by atoms with Crippen molar-refractivity contribution < 1.29 is 14.6 Å². The monoisotopic (exact) mass is 283 g/mol. The van der Waals surface area contributed by atoms with E-state index in [0.29, 0.717) is 12.8 Å². The number of benzene rings is 1. The van der Waals surface area contributed by atoms with Gasteiger partial charge in [0.15, 0.2) is 0 Å². The molecule has 0 saturated heterocycles. The highest BCUT2D eigenvalue weighted by molar-refractivity contribution is 5.76. The van der Waals surface area contributed by atoms with Gasteiger partial charge in [-0.1, -0.05) is 24.3 Å². The van der Waals surface area contributed by atoms with Crippen LogP contribution >= 0.6 is 0 Å². The molecule has 1 atom stereocenters. The van der Waals surface area contributed by atoms with Crippen molar-refractivity contribution in [3.05, 3.63) is 59.4 Å². The quantitative estimate of drug-likeness (QED) is 0.940. The Morgan fingerprint density at radius 3 is 2.90 bits per heavy atom. The second-order valence-electron chi connectivity index (χ2n) is 5.60. The van der Waals surface area contributed by atoms with E-state index >= 15 is 0 Å². The Kier molecular flexibility index (Phi) is 3.37. The van der Waals surface area contributed by atoms with Gasteiger partial charge in [-0.3, -0.25) is 9.78 Å². The number of aromatic nitrogens is 1. The maximum atomic E-state index is 11.9. The van der Waals surface area contributed by atoms with Crippen LogP contribution in [0.25, 0.3) is 0 Å². The number of aryl methyl sites for hydroxylation is 1. The van der Waals surface area contributed by atoms with E-state index in [2.05, 4.69) is 4.98 Å². The Hall–Kier alpha value is -2.36. The molecule has 21 heavy (non-hydrogen) atoms. The number of carbonyl (C=O) groups is 1. The summed E-state index contributed by atoms with van der Waals surface area (Å²) in [5.41, 5.74) is 1.83. The van der Waals surface area contributed by atoms with Crippen molar-refractivity contribution >= 4 is 5.97 Å². The van der Waals surface area contributed by atoms with Crippen molar-refractivity contribution in [1.29, 1.82) is 0 Å². The summed E-state index contributed by atoms with van der Waals surface area (Å²) in [5, 5.41) is 9.76. The topological polar surface area (TPSA) is 59.4 Å². The summed E-state index contributed by atoms with van der Waals surface area (Å²) in [6.45, 7) is 2.13. The van der Waals surface area contributed by atoms with E-state index in [9.17, 15) is 9.90 Å². The van der Waals surface area contributed by atoms with E-state index in [-0.39, 0.29) is 6.61 Å². The number of rotatable bonds is 3. The zero-order valence-corrected chi connectivity index (χ0v) is 11.9. The summed E-state index contributed by atoms with van der Waals surface area (Å²) in [4.78, 5) is 16.2. The number of hydrogen-bond donors (Lipinski definition) is 1. The number of nitrogens with zero attached hydrogens (tertiary/aromatic N) is 1. The number of aliphatic carboxylic acids is 1. The third kappa shape index (κ3) is 2.49. The van der Waals surface area contributed by atoms with Gasteiger partial charge in [0.2, 0.25) is 0 Å². The van der Waals surface area contributed by atoms with E-state index in [1.807, 2.05) is 43.3 Å². The summed E-state index contributed by atoms with van der Waals surface area (Å²) < 4.78 is 5.70. The lowest BCUT2D eigenvalue weighted by Gasteiger charge is -2.34. The average molecular weight is 283 g/mol. The largest absolute Gasteiger partial charge is 0.492 e. The molecular weight excluding hydrogens is 266 g/mol. The summed E-state index contributed by atoms with van der Waals surface area (Å²) >= 11 is 0. The fraction of sp³-hybridized carbons (Fsp3) is 0.294. The Balaban J connectivity index is 1.96. The highest BCUT2D eigenvalue weighted by atomic mass is 16.5. The zero-order valence-electron chi connectivity index (χ0n) is 11.9. The molecule has 108 valence electrons. The standard InChI is InChI=1S/C17H17NO3/c1-12-5-4-8-18-14(12)10-17(16(19)20)9-13-6-2-3-7-15(13)21-11-17/h2-8H,9-11H2,1H3,(H,19,20). The predicted molar refractivity (Wildman–Crippen MR) is 78.4 cm³/mol. The van der Waals surface area contributed by atoms with Gasteiger partial charge in [0, 0.05) is 18.3 Å². The van der Waals surface area contributed by atoms with E-state index in [0.717, 1.165) is 22.6 Å². The molecule has 0 spiro atoms. The zero-order chi connectivity index (χ0) is 14.9. The second kappa shape index (κ2) is 5.20. The van der Waals surface area contributed by atoms with Crippen LogP contribution in [-0.4, -0.2) is 22.7 Å². The third-order valence-corrected chi connectivity index (χ3v) is 4.08. The van der Waals surface area contributed by atoms with Gasteiger partial charge in [0.05, 0.1) is 0 Å². The minimum Gasteiger partial charge on any atom is -0.492 e. The van der Waals surface area contributed by atoms with Gasteiger partial charge in [-0.25, -0.2) is 0 Å². The van der Waals surface area contributed by atoms with Crippen LogP contribution in [0, 0.1) is 12.3 Å². The first-order valence-corrected chi connectivity index (χ1v) is 6.95. The molecule has 1 unspecified atom stereocenters. The van der Waals surface area contributed by atoms with Crippen LogP contribution < -0.4 is 4.74 Å². The molecular formula is C17H17NO3. The first-order valence-electron chi connectivity index (χ1n) is 6.95. The Morgan fingerprint density at radius 2 is 2.14 bits per heavy atom. The van der Waals surface area contributed by atoms with Gasteiger partial charge >= 0.3 is 5.97 Å². The third-order valence-electron chi connectivity index (χ3n) is 4.08. The fourth-order valence-corrected chi connectivity index (χ4v) is 2.77. The Labute approximate surface area is 123 Å². The van der Waals surface area contributed by atoms with Gasteiger partial charge < -0.3 is 9.84 Å². The lowest BCUT2D eigenvalue weighted by molar-refractivity contribution is -0.151. The van der Waals surface area contributed by atoms with Crippen LogP contribution in [0.1, 0.15) is 16.8 Å². The van der Waals surface area contributed by atoms with Crippen LogP contribution in [-0.2, 0) is 17.6 Å². The van der Waals surface area contributed by atoms with Crippen molar-refractivity contribution in [2.45, 2.75) is 19.8 Å². The van der Waals surface area contributed by atoms with Crippen LogP contribution in [0.2, 0.25) is 0 Å². The molecule has 0 amide bonds. The van der Waals surface area contributed by atoms with E-state index < -0.39 is 11.4 Å². The van der Waals surface area contributed by atoms with E-state index in [1.54, 1.807) is 6.20 Å². The number of ether oxygens (including phenoxy) is 1. The summed E-state index contributed by atoms with van der Waals surface area (Å²) in [7, 11) is 0. The number of hydrogen-bond acceptors (Lipinski definition) is 3. The highest BCUT2D eigenvalue weighted by Crippen LogP contribution is 2.37. The van der Waals surface area contributed by atoms with E-state index in [4.69, 9.17) is 4.74 Å². The molecule has 1 aromatic carbocycles. The molecule has 4 heteroatoms. The molecule has 3 rings (SSSR count). The first kappa shape index (κ1) is 13.6. The maximum absolute atomic E-state index is 11.9. The van der Waals surface area contributed by atoms with Crippen molar-refractivity contribution in [2.75, 3.05) is 6.61 Å². The van der Waals surface area contributed by atoms with Gasteiger partial charge in [0.1, 0.15) is 17.8 Å². The van der Waals surface area contributed by atoms with Crippen LogP contribution in [0.3, 0.4) is 0 Å². The maximum Gasteiger partial charge on any atom is 0.313 e. The molecule has 2 aromatic rings. The molecule has 0 fully saturated rings. The van der Waals surface area contributed by atoms with Crippen LogP contribution in [0.5, 0.6) is 5.75 Å². The Morgan fingerprint density at radius 1 is 1.33 bits per heavy atom. The van der Waals surface area contributed by atoms with Gasteiger partial charge in [0.25, 0.3) is 0 Å². The van der Waals surface area contributed by atoms with Gasteiger partial charge in [-0.2, -0.15) is 0 Å². The number of carboxylic acids is 1. The lowest BCUT2D eigenvalue weighted by Crippen LogP contribution is -2.44. The van der Waals surface area contributed by atoms with E-state index in [1.165, 1.54) is 0 Å². The average Bonchev–Trinajstić information content (AvgIpc) is 2.49. The second-order valence-corrected chi connectivity index (χ2v) is 5.60. The molecule has 1 aliphatic rings. The van der Waals surface area contributed by atoms with Crippen molar-refractivity contribution in [3.8, 4) is 5.75 Å². The number of fused-ring (bicyclic) bond motifs is 1. The summed E-state index contributed by atoms with van der Waals surface area (Å²) in [6.07, 6.45) is 2.55. The van der Waals surface area contributed by atoms with Crippen LogP contribution in [0.4, 0.5) is 0 Å². The van der Waals surface area contributed by atoms with Crippen molar-refractivity contribution in [3.63, 3.8) is 0 Å². The first-order chi connectivity index (χ1) is 10.1. The minimum atomic E-state index is -0.951. The smallest absolute Gasteiger partial charge is 0.313 e. The normalized spacial score (nSPS) is 20.4. The van der Waals surface area contributed by atoms with Crippen LogP contribution in [0.15, 0.2) is 42.6 Å². The van der Waals surface area contributed by atoms with Crippen molar-refractivity contribution in [2.24, 2.45) is 5.41 Å². The molecule has 1 N–H and O–H groups in total. The molecule has 1 aromatic heterocycles. The lowest BCUT2D eigenvalue weighted by atomic mass is 9.76. The van der Waals surface area contributed by atoms with Gasteiger partial charge in [-0.05, 0) is 36.6 Å². The molecule has 4 nitrogen and oxygen atoms in total. The molecule has 0 saturated carbocycles. The number of pyridine rings is 1. The number of para-hydroxylation sites is 1. The fourth-order valence-electron chi connectivity index (χ4n) is 2.77. The minimum absolute atomic E-state index is 0.176. The molecule has 2 heterocycles. The summed E-state index contributed by atoms with van der Waals surface area (Å²) in [5.74, 6) is -0.0471. The summed E-state index contributed by atoms with van der Waals surface area (Å²) in [6, 6.07) is 11.4. The van der Waals surface area contributed by atoms with Gasteiger partial charge in [-0.15, -0.1) is 0 Å². The highest BCUT2D eigenvalue weighted by Gasteiger charge is 2.43. The number of carboxylic acid groups (broad SMARTS) is 1. The Bertz CT molecular complexity index is 683. The molecule has 1 aliphatic heterocycles. The predicted octanol–water partition coefficient (Wildman–Crippen LogP) is 2.64. The molecule has 0 aliphatic carbocycles. The SMILES string of the molecule is Cc1cccnc1CC1(C(=O)O)COc2ccccc2C1. The van der Waals surface area contributed by atoms with Crippen molar-refractivity contribution in [1.82, 2.24) is 4.98 Å². The molecule has 0 radical (unpaired) electrons.